The van der Waals surface area contributed by atoms with Gasteiger partial charge in [0.1, 0.15) is 6.54 Å². The van der Waals surface area contributed by atoms with Gasteiger partial charge in [0.25, 0.3) is 0 Å². The Balaban J connectivity index is 3.35. The van der Waals surface area contributed by atoms with Crippen molar-refractivity contribution in [2.24, 2.45) is 10.7 Å². The van der Waals surface area contributed by atoms with Crippen LogP contribution >= 0.6 is 0 Å². The highest BCUT2D eigenvalue weighted by Gasteiger charge is 1.96. The minimum Gasteiger partial charge on any atom is -0.468 e. The van der Waals surface area contributed by atoms with Crippen LogP contribution in [-0.4, -0.2) is 32.6 Å². The molecule has 0 saturated carbocycles. The Morgan fingerprint density at radius 1 is 1.73 bits per heavy atom. The quantitative estimate of drug-likeness (QED) is 0.196. The van der Waals surface area contributed by atoms with E-state index in [1.165, 1.54) is 14.2 Å². The number of guanidine groups is 1. The Kier molecular flexibility index (Phi) is 4.83. The highest BCUT2D eigenvalue weighted by Crippen LogP contribution is 1.66. The lowest BCUT2D eigenvalue weighted by atomic mass is 10.7. The van der Waals surface area contributed by atoms with E-state index in [2.05, 4.69) is 20.6 Å². The largest absolute Gasteiger partial charge is 0.468 e. The number of carbonyl (C=O) groups is 1. The van der Waals surface area contributed by atoms with Gasteiger partial charge in [-0.05, 0) is 0 Å². The summed E-state index contributed by atoms with van der Waals surface area (Å²) in [5.41, 5.74) is 10.2. The van der Waals surface area contributed by atoms with Gasteiger partial charge in [0, 0.05) is 7.05 Å². The van der Waals surface area contributed by atoms with E-state index >= 15 is 0 Å². The minimum atomic E-state index is -0.374. The zero-order valence-electron chi connectivity index (χ0n) is 6.55. The molecule has 0 heterocycles. The van der Waals surface area contributed by atoms with Crippen molar-refractivity contribution in [3.8, 4) is 0 Å². The second-order valence-corrected chi connectivity index (χ2v) is 1.66. The van der Waals surface area contributed by atoms with Gasteiger partial charge in [0.05, 0.1) is 7.11 Å². The fourth-order valence-corrected chi connectivity index (χ4v) is 0.335. The molecular formula is C5H12N4O2. The molecule has 0 fully saturated rings. The molecule has 0 bridgehead atoms. The van der Waals surface area contributed by atoms with Crippen molar-refractivity contribution in [3.63, 3.8) is 0 Å². The summed E-state index contributed by atoms with van der Waals surface area (Å²) in [6.07, 6.45) is 0. The van der Waals surface area contributed by atoms with Crippen LogP contribution in [0.25, 0.3) is 0 Å². The molecule has 0 aliphatic heterocycles. The van der Waals surface area contributed by atoms with E-state index in [1.807, 2.05) is 0 Å². The molecule has 0 aliphatic rings. The van der Waals surface area contributed by atoms with Gasteiger partial charge in [0.2, 0.25) is 5.96 Å². The van der Waals surface area contributed by atoms with Crippen LogP contribution in [0, 0.1) is 0 Å². The lowest BCUT2D eigenvalue weighted by Crippen LogP contribution is -2.44. The number of hydrogen-bond acceptors (Lipinski definition) is 4. The van der Waals surface area contributed by atoms with Crippen LogP contribution in [0.3, 0.4) is 0 Å². The summed E-state index contributed by atoms with van der Waals surface area (Å²) in [5.74, 6) is -0.157. The molecule has 0 aliphatic carbocycles. The zero-order chi connectivity index (χ0) is 8.69. The van der Waals surface area contributed by atoms with E-state index in [-0.39, 0.29) is 18.5 Å². The lowest BCUT2D eigenvalue weighted by molar-refractivity contribution is -0.139. The van der Waals surface area contributed by atoms with Crippen LogP contribution < -0.4 is 16.6 Å². The molecule has 0 atom stereocenters. The highest BCUT2D eigenvalue weighted by molar-refractivity contribution is 5.78. The van der Waals surface area contributed by atoms with Crippen molar-refractivity contribution >= 4 is 11.9 Å². The molecule has 0 aromatic heterocycles. The predicted molar refractivity (Wildman–Crippen MR) is 40.7 cm³/mol. The second kappa shape index (κ2) is 5.48. The number of ether oxygens (including phenoxy) is 1. The van der Waals surface area contributed by atoms with E-state index in [0.717, 1.165) is 0 Å². The predicted octanol–water partition coefficient (Wildman–Crippen LogP) is -1.80. The summed E-state index contributed by atoms with van der Waals surface area (Å²) in [7, 11) is 2.84. The number of nitrogens with one attached hydrogen (secondary N) is 2. The smallest absolute Gasteiger partial charge is 0.321 e. The van der Waals surface area contributed by atoms with E-state index in [9.17, 15) is 4.79 Å². The molecule has 0 rings (SSSR count). The van der Waals surface area contributed by atoms with E-state index in [1.54, 1.807) is 0 Å². The number of esters is 1. The summed E-state index contributed by atoms with van der Waals surface area (Å²) in [5, 5.41) is 0. The summed E-state index contributed by atoms with van der Waals surface area (Å²) in [6.45, 7) is 0.0483. The normalized spacial score (nSPS) is 10.9. The maximum atomic E-state index is 10.5. The number of hydrazine groups is 1. The van der Waals surface area contributed by atoms with E-state index in [4.69, 9.17) is 5.73 Å². The van der Waals surface area contributed by atoms with Crippen LogP contribution in [0.15, 0.2) is 4.99 Å². The first-order chi connectivity index (χ1) is 5.20. The Morgan fingerprint density at radius 2 is 2.36 bits per heavy atom. The molecule has 11 heavy (non-hydrogen) atoms. The van der Waals surface area contributed by atoms with Gasteiger partial charge < -0.3 is 10.5 Å². The summed E-state index contributed by atoms with van der Waals surface area (Å²) < 4.78 is 4.34. The number of aliphatic imine (C=N–C) groups is 1. The number of nitrogens with two attached hydrogens (primary N) is 1. The number of nitrogens with zero attached hydrogens (tertiary/aromatic N) is 1. The van der Waals surface area contributed by atoms with Gasteiger partial charge in [0.15, 0.2) is 0 Å². The topological polar surface area (TPSA) is 88.7 Å². The molecule has 0 spiro atoms. The van der Waals surface area contributed by atoms with Crippen molar-refractivity contribution in [3.05, 3.63) is 0 Å². The fourth-order valence-electron chi connectivity index (χ4n) is 0.335. The maximum absolute atomic E-state index is 10.5. The second-order valence-electron chi connectivity index (χ2n) is 1.66. The van der Waals surface area contributed by atoms with Crippen molar-refractivity contribution in [1.82, 2.24) is 10.9 Å². The minimum absolute atomic E-state index is 0.0483. The third-order valence-corrected chi connectivity index (χ3v) is 0.918. The Hall–Kier alpha value is -1.30. The molecule has 0 amide bonds. The number of hydrogen-bond donors (Lipinski definition) is 3. The van der Waals surface area contributed by atoms with Crippen LogP contribution in [-0.2, 0) is 9.53 Å². The summed E-state index contributed by atoms with van der Waals surface area (Å²) in [4.78, 5) is 14.1. The van der Waals surface area contributed by atoms with E-state index < -0.39 is 0 Å². The van der Waals surface area contributed by atoms with Gasteiger partial charge in [-0.2, -0.15) is 0 Å². The Morgan fingerprint density at radius 3 is 2.82 bits per heavy atom. The number of carbonyl (C=O) groups excluding carboxylic acids is 1. The standard InChI is InChI=1S/C5H12N4O2/c1-7-5(6)9-8-3-4(10)11-2/h8H,3H2,1-2H3,(H3,6,7,9). The molecular weight excluding hydrogens is 148 g/mol. The molecule has 0 radical (unpaired) electrons. The van der Waals surface area contributed by atoms with Crippen molar-refractivity contribution < 1.29 is 9.53 Å². The van der Waals surface area contributed by atoms with Gasteiger partial charge in [-0.1, -0.05) is 0 Å². The monoisotopic (exact) mass is 160 g/mol. The van der Waals surface area contributed by atoms with Crippen molar-refractivity contribution in [2.45, 2.75) is 0 Å². The molecule has 6 heteroatoms. The molecule has 0 saturated heterocycles. The first-order valence-electron chi connectivity index (χ1n) is 2.98. The fraction of sp³-hybridized carbons (Fsp3) is 0.600. The first-order valence-corrected chi connectivity index (χ1v) is 2.98. The van der Waals surface area contributed by atoms with Gasteiger partial charge in [-0.25, -0.2) is 5.43 Å². The van der Waals surface area contributed by atoms with Crippen LogP contribution in [0.2, 0.25) is 0 Å². The van der Waals surface area contributed by atoms with Gasteiger partial charge >= 0.3 is 5.97 Å². The first kappa shape index (κ1) is 9.70. The molecule has 0 aromatic carbocycles. The number of rotatable bonds is 3. The maximum Gasteiger partial charge on any atom is 0.321 e. The summed E-state index contributed by atoms with van der Waals surface area (Å²) in [6, 6.07) is 0. The summed E-state index contributed by atoms with van der Waals surface area (Å²) >= 11 is 0. The van der Waals surface area contributed by atoms with Gasteiger partial charge in [-0.15, -0.1) is 0 Å². The average Bonchev–Trinajstić information content (AvgIpc) is 2.04. The van der Waals surface area contributed by atoms with Crippen LogP contribution in [0.5, 0.6) is 0 Å². The highest BCUT2D eigenvalue weighted by atomic mass is 16.5. The number of methoxy groups -OCH3 is 1. The Bertz CT molecular complexity index is 157. The molecule has 6 nitrogen and oxygen atoms in total. The van der Waals surface area contributed by atoms with Crippen molar-refractivity contribution in [2.75, 3.05) is 20.7 Å². The third-order valence-electron chi connectivity index (χ3n) is 0.918. The van der Waals surface area contributed by atoms with Gasteiger partial charge in [-0.3, -0.25) is 15.2 Å². The van der Waals surface area contributed by atoms with Crippen LogP contribution in [0.4, 0.5) is 0 Å². The molecule has 64 valence electrons. The Labute approximate surface area is 64.8 Å². The lowest BCUT2D eigenvalue weighted by Gasteiger charge is -2.04. The van der Waals surface area contributed by atoms with E-state index in [0.29, 0.717) is 0 Å². The SMILES string of the molecule is CN=C(N)NNCC(=O)OC. The molecule has 0 aromatic rings. The molecule has 0 unspecified atom stereocenters. The van der Waals surface area contributed by atoms with Crippen LogP contribution in [0.1, 0.15) is 0 Å². The zero-order valence-corrected chi connectivity index (χ0v) is 6.55. The average molecular weight is 160 g/mol. The third kappa shape index (κ3) is 5.16. The van der Waals surface area contributed by atoms with Crippen molar-refractivity contribution in [1.29, 1.82) is 0 Å². The molecule has 4 N–H and O–H groups in total.